The Kier molecular flexibility index (Phi) is 2.69. The second-order valence-electron chi connectivity index (χ2n) is 2.53. The van der Waals surface area contributed by atoms with Crippen LogP contribution < -0.4 is 11.1 Å². The third-order valence-electron chi connectivity index (χ3n) is 1.63. The average Bonchev–Trinajstić information content (AvgIpc) is 2.08. The monoisotopic (exact) mass is 163 g/mol. The molecule has 3 N–H and O–H groups in total. The van der Waals surface area contributed by atoms with E-state index >= 15 is 0 Å². The van der Waals surface area contributed by atoms with Crippen molar-refractivity contribution in [1.82, 2.24) is 4.98 Å². The molecular weight excluding hydrogens is 150 g/mol. The van der Waals surface area contributed by atoms with Crippen molar-refractivity contribution in [2.24, 2.45) is 0 Å². The van der Waals surface area contributed by atoms with Gasteiger partial charge in [0, 0.05) is 12.7 Å². The lowest BCUT2D eigenvalue weighted by atomic mass is 10.3. The number of nitrogens with two attached hydrogens (primary N) is 1. The molecule has 64 valence electrons. The first-order valence-electron chi connectivity index (χ1n) is 3.81. The van der Waals surface area contributed by atoms with Crippen molar-refractivity contribution in [1.29, 1.82) is 0 Å². The second-order valence-corrected chi connectivity index (χ2v) is 2.53. The van der Waals surface area contributed by atoms with Gasteiger partial charge in [-0.05, 0) is 13.0 Å². The highest BCUT2D eigenvalue weighted by Gasteiger charge is 1.99. The van der Waals surface area contributed by atoms with E-state index in [0.29, 0.717) is 12.2 Å². The molecule has 0 aliphatic heterocycles. The molecule has 0 saturated carbocycles. The van der Waals surface area contributed by atoms with Gasteiger partial charge in [0.05, 0.1) is 17.1 Å². The molecule has 1 rings (SSSR count). The highest BCUT2D eigenvalue weighted by atomic mass is 14.9. The summed E-state index contributed by atoms with van der Waals surface area (Å²) in [5.41, 5.74) is 8.24. The van der Waals surface area contributed by atoms with Crippen LogP contribution in [0.15, 0.2) is 24.9 Å². The summed E-state index contributed by atoms with van der Waals surface area (Å²) in [5, 5.41) is 3.12. The number of nitrogens with one attached hydrogen (secondary N) is 1. The van der Waals surface area contributed by atoms with Crippen LogP contribution in [-0.4, -0.2) is 11.5 Å². The number of aromatic nitrogens is 1. The molecule has 0 fully saturated rings. The van der Waals surface area contributed by atoms with Crippen LogP contribution in [0.3, 0.4) is 0 Å². The molecule has 1 aromatic rings. The first-order chi connectivity index (χ1) is 5.75. The van der Waals surface area contributed by atoms with E-state index in [2.05, 4.69) is 16.9 Å². The lowest BCUT2D eigenvalue weighted by Gasteiger charge is -2.07. The summed E-state index contributed by atoms with van der Waals surface area (Å²) in [7, 11) is 0. The molecule has 3 nitrogen and oxygen atoms in total. The van der Waals surface area contributed by atoms with Crippen LogP contribution in [0.2, 0.25) is 0 Å². The molecule has 12 heavy (non-hydrogen) atoms. The van der Waals surface area contributed by atoms with Gasteiger partial charge in [0.2, 0.25) is 0 Å². The molecule has 0 bridgehead atoms. The molecule has 0 saturated heterocycles. The number of aryl methyl sites for hydroxylation is 1. The van der Waals surface area contributed by atoms with Crippen molar-refractivity contribution in [2.75, 3.05) is 17.6 Å². The topological polar surface area (TPSA) is 50.9 Å². The second kappa shape index (κ2) is 3.76. The van der Waals surface area contributed by atoms with E-state index in [1.54, 1.807) is 12.3 Å². The van der Waals surface area contributed by atoms with E-state index in [0.717, 1.165) is 11.4 Å². The van der Waals surface area contributed by atoms with Crippen molar-refractivity contribution in [3.63, 3.8) is 0 Å². The van der Waals surface area contributed by atoms with Gasteiger partial charge in [0.1, 0.15) is 0 Å². The number of hydrogen-bond acceptors (Lipinski definition) is 3. The summed E-state index contributed by atoms with van der Waals surface area (Å²) in [4.78, 5) is 4.06. The van der Waals surface area contributed by atoms with Crippen molar-refractivity contribution in [3.8, 4) is 0 Å². The Morgan fingerprint density at radius 2 is 2.50 bits per heavy atom. The molecule has 1 aromatic heterocycles. The summed E-state index contributed by atoms with van der Waals surface area (Å²) in [6.07, 6.45) is 3.52. The quantitative estimate of drug-likeness (QED) is 0.665. The third-order valence-corrected chi connectivity index (χ3v) is 1.63. The molecule has 0 unspecified atom stereocenters. The van der Waals surface area contributed by atoms with Crippen LogP contribution in [0.5, 0.6) is 0 Å². The van der Waals surface area contributed by atoms with Gasteiger partial charge in [0.25, 0.3) is 0 Å². The van der Waals surface area contributed by atoms with Crippen molar-refractivity contribution >= 4 is 11.4 Å². The Balaban J connectivity index is 2.84. The average molecular weight is 163 g/mol. The van der Waals surface area contributed by atoms with Crippen LogP contribution in [0.25, 0.3) is 0 Å². The Hall–Kier alpha value is -1.51. The van der Waals surface area contributed by atoms with Gasteiger partial charge in [-0.3, -0.25) is 4.98 Å². The summed E-state index contributed by atoms with van der Waals surface area (Å²) in [6.45, 7) is 6.21. The molecule has 0 spiro atoms. The Labute approximate surface area is 72.3 Å². The minimum Gasteiger partial charge on any atom is -0.396 e. The predicted octanol–water partition coefficient (Wildman–Crippen LogP) is 1.57. The molecule has 0 aliphatic rings. The van der Waals surface area contributed by atoms with Crippen LogP contribution in [-0.2, 0) is 0 Å². The van der Waals surface area contributed by atoms with E-state index in [1.807, 2.05) is 13.0 Å². The Morgan fingerprint density at radius 1 is 1.75 bits per heavy atom. The molecule has 0 radical (unpaired) electrons. The van der Waals surface area contributed by atoms with Gasteiger partial charge in [0.15, 0.2) is 0 Å². The maximum absolute atomic E-state index is 5.76. The zero-order chi connectivity index (χ0) is 8.97. The minimum atomic E-state index is 0.708. The zero-order valence-electron chi connectivity index (χ0n) is 7.17. The van der Waals surface area contributed by atoms with Crippen LogP contribution in [0.1, 0.15) is 5.69 Å². The minimum absolute atomic E-state index is 0.708. The van der Waals surface area contributed by atoms with Gasteiger partial charge in [-0.25, -0.2) is 0 Å². The molecule has 0 amide bonds. The fourth-order valence-corrected chi connectivity index (χ4v) is 0.914. The predicted molar refractivity (Wildman–Crippen MR) is 52.1 cm³/mol. The SMILES string of the molecule is C=CCNc1ccnc(C)c1N. The fraction of sp³-hybridized carbons (Fsp3) is 0.222. The maximum Gasteiger partial charge on any atom is 0.0766 e. The first kappa shape index (κ1) is 8.59. The summed E-state index contributed by atoms with van der Waals surface area (Å²) in [5.74, 6) is 0. The van der Waals surface area contributed by atoms with E-state index in [-0.39, 0.29) is 0 Å². The standard InChI is InChI=1S/C9H13N3/c1-3-5-12-8-4-6-11-7(2)9(8)10/h3-4,6H,1,5,10H2,2H3,(H,11,12). The summed E-state index contributed by atoms with van der Waals surface area (Å²) in [6, 6.07) is 1.85. The molecular formula is C9H13N3. The van der Waals surface area contributed by atoms with Crippen molar-refractivity contribution in [2.45, 2.75) is 6.92 Å². The molecule has 0 aromatic carbocycles. The lowest BCUT2D eigenvalue weighted by Crippen LogP contribution is -2.03. The van der Waals surface area contributed by atoms with E-state index < -0.39 is 0 Å². The van der Waals surface area contributed by atoms with Gasteiger partial charge in [-0.15, -0.1) is 6.58 Å². The van der Waals surface area contributed by atoms with Gasteiger partial charge in [-0.2, -0.15) is 0 Å². The lowest BCUT2D eigenvalue weighted by molar-refractivity contribution is 1.19. The first-order valence-corrected chi connectivity index (χ1v) is 3.81. The third kappa shape index (κ3) is 1.75. The van der Waals surface area contributed by atoms with Crippen LogP contribution in [0.4, 0.5) is 11.4 Å². The Morgan fingerprint density at radius 3 is 3.17 bits per heavy atom. The number of rotatable bonds is 3. The van der Waals surface area contributed by atoms with Crippen LogP contribution >= 0.6 is 0 Å². The zero-order valence-corrected chi connectivity index (χ0v) is 7.17. The van der Waals surface area contributed by atoms with E-state index in [9.17, 15) is 0 Å². The number of pyridine rings is 1. The molecule has 0 atom stereocenters. The molecule has 0 aliphatic carbocycles. The maximum atomic E-state index is 5.76. The molecule has 3 heteroatoms. The van der Waals surface area contributed by atoms with E-state index in [1.165, 1.54) is 0 Å². The normalized spacial score (nSPS) is 9.42. The van der Waals surface area contributed by atoms with Gasteiger partial charge in [-0.1, -0.05) is 6.08 Å². The summed E-state index contributed by atoms with van der Waals surface area (Å²) >= 11 is 0. The smallest absolute Gasteiger partial charge is 0.0766 e. The number of hydrogen-bond donors (Lipinski definition) is 2. The molecule has 1 heterocycles. The number of nitrogen functional groups attached to an aromatic ring is 1. The van der Waals surface area contributed by atoms with Crippen molar-refractivity contribution < 1.29 is 0 Å². The van der Waals surface area contributed by atoms with Gasteiger partial charge < -0.3 is 11.1 Å². The van der Waals surface area contributed by atoms with Crippen LogP contribution in [0, 0.1) is 6.92 Å². The van der Waals surface area contributed by atoms with Crippen molar-refractivity contribution in [3.05, 3.63) is 30.6 Å². The van der Waals surface area contributed by atoms with Gasteiger partial charge >= 0.3 is 0 Å². The fourth-order valence-electron chi connectivity index (χ4n) is 0.914. The number of anilines is 2. The highest BCUT2D eigenvalue weighted by molar-refractivity contribution is 5.67. The largest absolute Gasteiger partial charge is 0.396 e. The van der Waals surface area contributed by atoms with E-state index in [4.69, 9.17) is 5.73 Å². The number of nitrogens with zero attached hydrogens (tertiary/aromatic N) is 1. The highest BCUT2D eigenvalue weighted by Crippen LogP contribution is 2.18. The summed E-state index contributed by atoms with van der Waals surface area (Å²) < 4.78 is 0. The Bertz CT molecular complexity index is 281.